The minimum Gasteiger partial charge on any atom is -0.345 e. The molecule has 1 atom stereocenters. The van der Waals surface area contributed by atoms with Crippen LogP contribution in [0.15, 0.2) is 24.5 Å². The van der Waals surface area contributed by atoms with Gasteiger partial charge in [0.2, 0.25) is 5.91 Å². The largest absolute Gasteiger partial charge is 0.345 e. The van der Waals surface area contributed by atoms with Gasteiger partial charge in [-0.3, -0.25) is 14.6 Å². The van der Waals surface area contributed by atoms with Gasteiger partial charge in [-0.15, -0.1) is 0 Å². The van der Waals surface area contributed by atoms with Gasteiger partial charge in [-0.2, -0.15) is 0 Å². The number of nitrogens with zero attached hydrogens (tertiary/aromatic N) is 2. The van der Waals surface area contributed by atoms with E-state index in [0.717, 1.165) is 0 Å². The van der Waals surface area contributed by atoms with E-state index < -0.39 is 5.92 Å². The van der Waals surface area contributed by atoms with E-state index in [1.54, 1.807) is 30.3 Å². The number of hydrogen-bond donors (Lipinski definition) is 0. The molecule has 1 aliphatic heterocycles. The van der Waals surface area contributed by atoms with E-state index in [2.05, 4.69) is 4.98 Å². The number of Topliss-reactive ketones (excluding diaryl/α,β-unsaturated/α-hetero) is 1. The van der Waals surface area contributed by atoms with E-state index in [9.17, 15) is 9.59 Å². The Labute approximate surface area is 106 Å². The van der Waals surface area contributed by atoms with E-state index in [1.807, 2.05) is 0 Å². The number of likely N-dealkylation sites (tertiary alicyclic amines) is 1. The van der Waals surface area contributed by atoms with Crippen molar-refractivity contribution in [3.05, 3.63) is 30.1 Å². The summed E-state index contributed by atoms with van der Waals surface area (Å²) in [5.41, 5.74) is 0.520. The number of ketones is 1. The maximum Gasteiger partial charge on any atom is 0.233 e. The summed E-state index contributed by atoms with van der Waals surface area (Å²) in [6, 6.07) is 3.40. The van der Waals surface area contributed by atoms with Crippen LogP contribution in [-0.4, -0.2) is 54.0 Å². The van der Waals surface area contributed by atoms with Crippen LogP contribution < -0.4 is 0 Å². The third-order valence-corrected chi connectivity index (χ3v) is 2.69. The zero-order chi connectivity index (χ0) is 10.8. The van der Waals surface area contributed by atoms with Crippen LogP contribution in [-0.2, 0) is 4.79 Å². The molecule has 0 bridgehead atoms. The average Bonchev–Trinajstić information content (AvgIpc) is 2.60. The number of carbonyl (C=O) groups is 2. The van der Waals surface area contributed by atoms with Crippen molar-refractivity contribution in [3.63, 3.8) is 0 Å². The van der Waals surface area contributed by atoms with Crippen molar-refractivity contribution in [2.24, 2.45) is 5.92 Å². The molecule has 1 aromatic heterocycles. The molecule has 5 heteroatoms. The number of pyridine rings is 1. The minimum atomic E-state index is -0.501. The van der Waals surface area contributed by atoms with Crippen LogP contribution in [0.3, 0.4) is 0 Å². The van der Waals surface area contributed by atoms with E-state index >= 15 is 0 Å². The fraction of sp³-hybridized carbons (Fsp3) is 0.364. The van der Waals surface area contributed by atoms with Crippen LogP contribution in [0.25, 0.3) is 0 Å². The Morgan fingerprint density at radius 2 is 2.31 bits per heavy atom. The van der Waals surface area contributed by atoms with E-state index in [-0.39, 0.29) is 30.6 Å². The molecule has 1 fully saturated rings. The molecule has 1 saturated heterocycles. The van der Waals surface area contributed by atoms with E-state index in [0.29, 0.717) is 18.5 Å². The van der Waals surface area contributed by atoms with Crippen molar-refractivity contribution in [3.8, 4) is 0 Å². The first-order valence-corrected chi connectivity index (χ1v) is 4.89. The molecule has 0 spiro atoms. The molecular weight excluding hydrogens is 199 g/mol. The van der Waals surface area contributed by atoms with Gasteiger partial charge in [0.15, 0.2) is 5.78 Å². The minimum absolute atomic E-state index is 0. The topological polar surface area (TPSA) is 50.3 Å². The molecule has 1 radical (unpaired) electrons. The summed E-state index contributed by atoms with van der Waals surface area (Å²) in [5.74, 6) is -0.694. The van der Waals surface area contributed by atoms with Crippen molar-refractivity contribution >= 4 is 30.6 Å². The van der Waals surface area contributed by atoms with Gasteiger partial charge in [-0.25, -0.2) is 0 Å². The third-order valence-electron chi connectivity index (χ3n) is 2.69. The quantitative estimate of drug-likeness (QED) is 0.403. The number of aromatic nitrogens is 1. The monoisotopic (exact) mass is 211 g/mol. The summed E-state index contributed by atoms with van der Waals surface area (Å²) in [5, 5.41) is 0. The molecule has 4 nitrogen and oxygen atoms in total. The molecule has 0 N–H and O–H groups in total. The van der Waals surface area contributed by atoms with Crippen LogP contribution in [0.5, 0.6) is 0 Å². The molecule has 79 valence electrons. The molecule has 2 heterocycles. The van der Waals surface area contributed by atoms with Gasteiger partial charge in [0.05, 0.1) is 0 Å². The Bertz CT molecular complexity index is 394. The molecular formula is C11H12LiN2O2. The first-order chi connectivity index (χ1) is 7.20. The fourth-order valence-electron chi connectivity index (χ4n) is 1.78. The van der Waals surface area contributed by atoms with Crippen molar-refractivity contribution in [2.75, 3.05) is 13.6 Å². The second-order valence-corrected chi connectivity index (χ2v) is 3.71. The molecule has 1 aliphatic rings. The van der Waals surface area contributed by atoms with Crippen molar-refractivity contribution in [1.29, 1.82) is 0 Å². The van der Waals surface area contributed by atoms with Crippen LogP contribution >= 0.6 is 0 Å². The molecule has 0 aliphatic carbocycles. The first-order valence-electron chi connectivity index (χ1n) is 4.89. The second-order valence-electron chi connectivity index (χ2n) is 3.71. The Hall–Kier alpha value is -1.11. The van der Waals surface area contributed by atoms with Gasteiger partial charge in [0.25, 0.3) is 0 Å². The molecule has 0 saturated carbocycles. The van der Waals surface area contributed by atoms with Crippen molar-refractivity contribution < 1.29 is 9.59 Å². The van der Waals surface area contributed by atoms with Crippen LogP contribution in [0, 0.1) is 5.92 Å². The van der Waals surface area contributed by atoms with Gasteiger partial charge in [-0.05, 0) is 18.6 Å². The predicted octanol–water partition coefficient (Wildman–Crippen LogP) is 0.362. The maximum atomic E-state index is 11.9. The Balaban J connectivity index is 0.00000128. The summed E-state index contributed by atoms with van der Waals surface area (Å²) in [6.07, 6.45) is 3.73. The number of carbonyl (C=O) groups excluding carboxylic acids is 2. The van der Waals surface area contributed by atoms with Gasteiger partial charge >= 0.3 is 0 Å². The van der Waals surface area contributed by atoms with Gasteiger partial charge in [0.1, 0.15) is 5.92 Å². The molecule has 1 aromatic rings. The van der Waals surface area contributed by atoms with Crippen molar-refractivity contribution in [1.82, 2.24) is 9.88 Å². The van der Waals surface area contributed by atoms with E-state index in [4.69, 9.17) is 0 Å². The van der Waals surface area contributed by atoms with Gasteiger partial charge in [-0.1, -0.05) is 0 Å². The van der Waals surface area contributed by atoms with Crippen LogP contribution in [0.2, 0.25) is 0 Å². The summed E-state index contributed by atoms with van der Waals surface area (Å²) >= 11 is 0. The normalized spacial score (nSPS) is 19.4. The molecule has 1 amide bonds. The average molecular weight is 211 g/mol. The summed E-state index contributed by atoms with van der Waals surface area (Å²) in [4.78, 5) is 29.0. The molecule has 0 aromatic carbocycles. The molecule has 2 rings (SSSR count). The number of hydrogen-bond acceptors (Lipinski definition) is 3. The van der Waals surface area contributed by atoms with Crippen molar-refractivity contribution in [2.45, 2.75) is 6.42 Å². The summed E-state index contributed by atoms with van der Waals surface area (Å²) in [6.45, 7) is 0.662. The summed E-state index contributed by atoms with van der Waals surface area (Å²) in [7, 11) is 1.72. The zero-order valence-corrected chi connectivity index (χ0v) is 9.51. The van der Waals surface area contributed by atoms with Crippen LogP contribution in [0.4, 0.5) is 0 Å². The number of rotatable bonds is 2. The molecule has 1 unspecified atom stereocenters. The zero-order valence-electron chi connectivity index (χ0n) is 9.51. The van der Waals surface area contributed by atoms with Gasteiger partial charge in [0, 0.05) is 50.4 Å². The smallest absolute Gasteiger partial charge is 0.233 e. The standard InChI is InChI=1S/C11H12N2O2.Li/c1-13-6-4-9(11(13)15)10(14)8-3-2-5-12-7-8;/h2-3,5,7,9H,4,6H2,1H3;. The maximum absolute atomic E-state index is 11.9. The Kier molecular flexibility index (Phi) is 4.28. The van der Waals surface area contributed by atoms with Gasteiger partial charge < -0.3 is 4.90 Å². The number of amides is 1. The predicted molar refractivity (Wildman–Crippen MR) is 60.1 cm³/mol. The SMILES string of the molecule is CN1CCC(C(=O)c2cccnc2)C1=O.[Li]. The Morgan fingerprint density at radius 1 is 1.56 bits per heavy atom. The van der Waals surface area contributed by atoms with Crippen LogP contribution in [0.1, 0.15) is 16.8 Å². The Morgan fingerprint density at radius 3 is 2.81 bits per heavy atom. The first kappa shape index (κ1) is 13.0. The third kappa shape index (κ3) is 2.34. The van der Waals surface area contributed by atoms with E-state index in [1.165, 1.54) is 6.20 Å². The second kappa shape index (κ2) is 5.29. The summed E-state index contributed by atoms with van der Waals surface area (Å²) < 4.78 is 0. The molecule has 16 heavy (non-hydrogen) atoms. The fourth-order valence-corrected chi connectivity index (χ4v) is 1.78.